The summed E-state index contributed by atoms with van der Waals surface area (Å²) in [5.41, 5.74) is 0.640. The van der Waals surface area contributed by atoms with Crippen molar-refractivity contribution in [3.05, 3.63) is 67.7 Å². The number of hydrogen-bond acceptors (Lipinski definition) is 3. The van der Waals surface area contributed by atoms with Gasteiger partial charge in [-0.05, 0) is 28.1 Å². The lowest BCUT2D eigenvalue weighted by Gasteiger charge is -2.07. The molecule has 1 heterocycles. The van der Waals surface area contributed by atoms with Gasteiger partial charge in [-0.2, -0.15) is 5.26 Å². The minimum Gasteiger partial charge on any atom is -0.453 e. The Morgan fingerprint density at radius 1 is 1.19 bits per heavy atom. The minimum atomic E-state index is -0.388. The molecule has 0 fully saturated rings. The molecule has 3 aromatic rings. The lowest BCUT2D eigenvalue weighted by atomic mass is 10.1. The normalized spacial score (nSPS) is 10.5. The summed E-state index contributed by atoms with van der Waals surface area (Å²) in [5.74, 6) is 0.263. The van der Waals surface area contributed by atoms with E-state index in [1.807, 2.05) is 24.3 Å². The van der Waals surface area contributed by atoms with Crippen molar-refractivity contribution in [3.63, 3.8) is 0 Å². The molecule has 0 aliphatic heterocycles. The molecule has 0 unspecified atom stereocenters. The Labute approximate surface area is 133 Å². The van der Waals surface area contributed by atoms with E-state index in [1.54, 1.807) is 18.2 Å². The Kier molecular flexibility index (Phi) is 3.54. The fraction of sp³-hybridized carbons (Fsp3) is 0. The van der Waals surface area contributed by atoms with Gasteiger partial charge < -0.3 is 4.42 Å². The van der Waals surface area contributed by atoms with Crippen LogP contribution in [0.5, 0.6) is 0 Å². The molecule has 2 aromatic carbocycles. The number of benzene rings is 2. The molecular formula is C16H7BrClNO2. The van der Waals surface area contributed by atoms with Gasteiger partial charge in [-0.1, -0.05) is 41.9 Å². The van der Waals surface area contributed by atoms with Crippen LogP contribution in [0.1, 0.15) is 5.56 Å². The third-order valence-corrected chi connectivity index (χ3v) is 3.87. The highest BCUT2D eigenvalue weighted by Crippen LogP contribution is 2.31. The predicted molar refractivity (Wildman–Crippen MR) is 85.3 cm³/mol. The number of fused-ring (bicyclic) bond motifs is 1. The van der Waals surface area contributed by atoms with Crippen molar-refractivity contribution >= 4 is 38.5 Å². The first-order chi connectivity index (χ1) is 10.1. The topological polar surface area (TPSA) is 54.0 Å². The van der Waals surface area contributed by atoms with Crippen LogP contribution in [0.25, 0.3) is 22.3 Å². The molecule has 5 heteroatoms. The van der Waals surface area contributed by atoms with Gasteiger partial charge in [0.1, 0.15) is 11.6 Å². The van der Waals surface area contributed by atoms with E-state index in [2.05, 4.69) is 15.9 Å². The van der Waals surface area contributed by atoms with Crippen LogP contribution in [0.15, 0.2) is 56.1 Å². The molecule has 0 aliphatic carbocycles. The SMILES string of the molecule is N#Cc1c(-c2ccccc2)oc2c(Br)cc(Cl)cc2c1=O. The molecule has 0 radical (unpaired) electrons. The van der Waals surface area contributed by atoms with Crippen LogP contribution in [0.4, 0.5) is 0 Å². The lowest BCUT2D eigenvalue weighted by molar-refractivity contribution is 0.615. The fourth-order valence-electron chi connectivity index (χ4n) is 2.12. The zero-order valence-corrected chi connectivity index (χ0v) is 12.9. The molecule has 1 aromatic heterocycles. The van der Waals surface area contributed by atoms with Crippen LogP contribution >= 0.6 is 27.5 Å². The summed E-state index contributed by atoms with van der Waals surface area (Å²) in [5, 5.41) is 9.99. The summed E-state index contributed by atoms with van der Waals surface area (Å²) >= 11 is 9.29. The highest BCUT2D eigenvalue weighted by molar-refractivity contribution is 9.10. The molecule has 3 nitrogen and oxygen atoms in total. The molecule has 0 saturated carbocycles. The maximum absolute atomic E-state index is 12.5. The molecule has 0 N–H and O–H groups in total. The van der Waals surface area contributed by atoms with E-state index in [4.69, 9.17) is 16.0 Å². The largest absolute Gasteiger partial charge is 0.453 e. The van der Waals surface area contributed by atoms with Crippen molar-refractivity contribution in [3.8, 4) is 17.4 Å². The van der Waals surface area contributed by atoms with E-state index in [0.29, 0.717) is 20.6 Å². The van der Waals surface area contributed by atoms with E-state index in [0.717, 1.165) is 0 Å². The summed E-state index contributed by atoms with van der Waals surface area (Å²) < 4.78 is 6.38. The van der Waals surface area contributed by atoms with Crippen LogP contribution in [0.3, 0.4) is 0 Å². The fourth-order valence-corrected chi connectivity index (χ4v) is 3.01. The Balaban J connectivity index is 2.48. The molecule has 21 heavy (non-hydrogen) atoms. The first kappa shape index (κ1) is 13.9. The minimum absolute atomic E-state index is 0.0251. The summed E-state index contributed by atoms with van der Waals surface area (Å²) in [7, 11) is 0. The highest BCUT2D eigenvalue weighted by Gasteiger charge is 2.17. The monoisotopic (exact) mass is 359 g/mol. The van der Waals surface area contributed by atoms with Crippen molar-refractivity contribution in [1.82, 2.24) is 0 Å². The molecule has 102 valence electrons. The van der Waals surface area contributed by atoms with Gasteiger partial charge in [-0.3, -0.25) is 4.79 Å². The van der Waals surface area contributed by atoms with Gasteiger partial charge in [0, 0.05) is 10.6 Å². The van der Waals surface area contributed by atoms with E-state index >= 15 is 0 Å². The second kappa shape index (κ2) is 5.36. The molecule has 0 saturated heterocycles. The second-order valence-electron chi connectivity index (χ2n) is 4.38. The van der Waals surface area contributed by atoms with Gasteiger partial charge >= 0.3 is 0 Å². The summed E-state index contributed by atoms with van der Waals surface area (Å²) in [6, 6.07) is 14.1. The Hall–Kier alpha value is -2.09. The smallest absolute Gasteiger partial charge is 0.211 e. The van der Waals surface area contributed by atoms with Crippen LogP contribution in [0, 0.1) is 11.3 Å². The maximum atomic E-state index is 12.5. The summed E-state index contributed by atoms with van der Waals surface area (Å²) in [4.78, 5) is 12.5. The summed E-state index contributed by atoms with van der Waals surface area (Å²) in [6.45, 7) is 0. The second-order valence-corrected chi connectivity index (χ2v) is 5.67. The van der Waals surface area contributed by atoms with E-state index in [1.165, 1.54) is 6.07 Å². The number of rotatable bonds is 1. The van der Waals surface area contributed by atoms with E-state index in [9.17, 15) is 10.1 Å². The Bertz CT molecular complexity index is 942. The van der Waals surface area contributed by atoms with Gasteiger partial charge in [0.25, 0.3) is 0 Å². The average Bonchev–Trinajstić information content (AvgIpc) is 2.49. The quantitative estimate of drug-likeness (QED) is 0.629. The van der Waals surface area contributed by atoms with Crippen molar-refractivity contribution in [1.29, 1.82) is 5.26 Å². The molecule has 0 amide bonds. The van der Waals surface area contributed by atoms with Crippen LogP contribution in [-0.4, -0.2) is 0 Å². The van der Waals surface area contributed by atoms with Crippen LogP contribution < -0.4 is 5.43 Å². The Morgan fingerprint density at radius 2 is 1.90 bits per heavy atom. The molecular weight excluding hydrogens is 354 g/mol. The number of nitrogens with zero attached hydrogens (tertiary/aromatic N) is 1. The number of hydrogen-bond donors (Lipinski definition) is 0. The molecule has 3 rings (SSSR count). The highest BCUT2D eigenvalue weighted by atomic mass is 79.9. The number of halogens is 2. The molecule has 0 spiro atoms. The third kappa shape index (κ3) is 2.35. The van der Waals surface area contributed by atoms with Gasteiger partial charge in [-0.25, -0.2) is 0 Å². The van der Waals surface area contributed by atoms with Gasteiger partial charge in [0.05, 0.1) is 9.86 Å². The van der Waals surface area contributed by atoms with Crippen LogP contribution in [0.2, 0.25) is 5.02 Å². The molecule has 0 aliphatic rings. The van der Waals surface area contributed by atoms with Crippen molar-refractivity contribution < 1.29 is 4.42 Å². The van der Waals surface area contributed by atoms with Crippen molar-refractivity contribution in [2.24, 2.45) is 0 Å². The van der Waals surface area contributed by atoms with Crippen molar-refractivity contribution in [2.75, 3.05) is 0 Å². The first-order valence-corrected chi connectivity index (χ1v) is 7.20. The van der Waals surface area contributed by atoms with Crippen LogP contribution in [-0.2, 0) is 0 Å². The van der Waals surface area contributed by atoms with Gasteiger partial charge in [0.2, 0.25) is 5.43 Å². The predicted octanol–water partition coefficient (Wildman–Crippen LogP) is 4.75. The van der Waals surface area contributed by atoms with E-state index < -0.39 is 0 Å². The van der Waals surface area contributed by atoms with Crippen molar-refractivity contribution in [2.45, 2.75) is 0 Å². The standard InChI is InChI=1S/C16H7BrClNO2/c17-13-7-10(18)6-11-14(20)12(8-19)15(21-16(11)13)9-4-2-1-3-5-9/h1-7H. The zero-order chi connectivity index (χ0) is 15.0. The van der Waals surface area contributed by atoms with Gasteiger partial charge in [-0.15, -0.1) is 0 Å². The maximum Gasteiger partial charge on any atom is 0.211 e. The summed E-state index contributed by atoms with van der Waals surface area (Å²) in [6.07, 6.45) is 0. The van der Waals surface area contributed by atoms with E-state index in [-0.39, 0.29) is 22.1 Å². The first-order valence-electron chi connectivity index (χ1n) is 6.03. The molecule has 0 atom stereocenters. The van der Waals surface area contributed by atoms with Gasteiger partial charge in [0.15, 0.2) is 11.3 Å². The average molecular weight is 361 g/mol. The Morgan fingerprint density at radius 3 is 2.57 bits per heavy atom. The number of nitriles is 1. The zero-order valence-electron chi connectivity index (χ0n) is 10.6. The molecule has 0 bridgehead atoms. The third-order valence-electron chi connectivity index (χ3n) is 3.06. The lowest BCUT2D eigenvalue weighted by Crippen LogP contribution is -2.08.